The molecule has 0 aromatic heterocycles. The highest BCUT2D eigenvalue weighted by Crippen LogP contribution is 2.26. The maximum Gasteiger partial charge on any atom is 0.145 e. The molecule has 0 saturated heterocycles. The fourth-order valence-corrected chi connectivity index (χ4v) is 2.02. The Morgan fingerprint density at radius 2 is 1.80 bits per heavy atom. The minimum Gasteiger partial charge on any atom is -0.497 e. The number of unbranched alkanes of at least 4 members (excludes halogenated alkanes) is 1. The molecule has 0 bridgehead atoms. The number of aryl methyl sites for hydroxylation is 1. The Morgan fingerprint density at radius 1 is 1.00 bits per heavy atom. The Morgan fingerprint density at radius 3 is 2.55 bits per heavy atom. The average molecular weight is 271 g/mol. The fraction of sp³-hybridized carbons (Fsp3) is 0.294. The SMILES string of the molecule is COc1ccc(N)c(OCCCCc2ccccc2)c1. The van der Waals surface area contributed by atoms with E-state index in [1.807, 2.05) is 18.2 Å². The third-order valence-electron chi connectivity index (χ3n) is 3.18. The van der Waals surface area contributed by atoms with Crippen molar-refractivity contribution >= 4 is 5.69 Å². The summed E-state index contributed by atoms with van der Waals surface area (Å²) < 4.78 is 10.9. The van der Waals surface area contributed by atoms with Crippen LogP contribution in [0, 0.1) is 0 Å². The van der Waals surface area contributed by atoms with Crippen LogP contribution < -0.4 is 15.2 Å². The number of nitrogen functional groups attached to an aromatic ring is 1. The number of nitrogens with two attached hydrogens (primary N) is 1. The number of benzene rings is 2. The Bertz CT molecular complexity index is 526. The zero-order valence-corrected chi connectivity index (χ0v) is 11.8. The van der Waals surface area contributed by atoms with E-state index in [1.165, 1.54) is 5.56 Å². The summed E-state index contributed by atoms with van der Waals surface area (Å²) in [5.41, 5.74) is 7.89. The molecular formula is C17H21NO2. The van der Waals surface area contributed by atoms with Crippen LogP contribution in [0.5, 0.6) is 11.5 Å². The Kier molecular flexibility index (Phi) is 5.30. The van der Waals surface area contributed by atoms with Gasteiger partial charge in [0.15, 0.2) is 0 Å². The minimum absolute atomic E-state index is 0.647. The summed E-state index contributed by atoms with van der Waals surface area (Å²) in [6, 6.07) is 16.0. The first kappa shape index (κ1) is 14.3. The highest BCUT2D eigenvalue weighted by atomic mass is 16.5. The van der Waals surface area contributed by atoms with Gasteiger partial charge in [-0.05, 0) is 37.0 Å². The molecule has 0 radical (unpaired) electrons. The van der Waals surface area contributed by atoms with E-state index < -0.39 is 0 Å². The van der Waals surface area contributed by atoms with Crippen molar-refractivity contribution in [3.63, 3.8) is 0 Å². The number of hydrogen-bond donors (Lipinski definition) is 1. The molecule has 0 saturated carbocycles. The summed E-state index contributed by atoms with van der Waals surface area (Å²) in [6.45, 7) is 0.671. The summed E-state index contributed by atoms with van der Waals surface area (Å²) in [5, 5.41) is 0. The molecule has 0 fully saturated rings. The molecule has 2 aromatic rings. The van der Waals surface area contributed by atoms with E-state index in [-0.39, 0.29) is 0 Å². The van der Waals surface area contributed by atoms with Crippen molar-refractivity contribution in [1.82, 2.24) is 0 Å². The first-order valence-corrected chi connectivity index (χ1v) is 6.90. The number of rotatable bonds is 7. The van der Waals surface area contributed by atoms with Crippen LogP contribution in [0.3, 0.4) is 0 Å². The average Bonchev–Trinajstić information content (AvgIpc) is 2.50. The molecule has 0 heterocycles. The maximum atomic E-state index is 5.87. The third kappa shape index (κ3) is 4.19. The number of ether oxygens (including phenoxy) is 2. The molecule has 0 aliphatic heterocycles. The van der Waals surface area contributed by atoms with E-state index in [1.54, 1.807) is 13.2 Å². The second kappa shape index (κ2) is 7.43. The normalized spacial score (nSPS) is 10.2. The van der Waals surface area contributed by atoms with Gasteiger partial charge < -0.3 is 15.2 Å². The summed E-state index contributed by atoms with van der Waals surface area (Å²) >= 11 is 0. The summed E-state index contributed by atoms with van der Waals surface area (Å²) in [7, 11) is 1.63. The minimum atomic E-state index is 0.647. The van der Waals surface area contributed by atoms with Crippen molar-refractivity contribution in [1.29, 1.82) is 0 Å². The third-order valence-corrected chi connectivity index (χ3v) is 3.18. The molecule has 0 atom stereocenters. The van der Waals surface area contributed by atoms with Gasteiger partial charge in [-0.1, -0.05) is 30.3 Å². The molecule has 0 amide bonds. The monoisotopic (exact) mass is 271 g/mol. The molecule has 3 nitrogen and oxygen atoms in total. The highest BCUT2D eigenvalue weighted by molar-refractivity contribution is 5.55. The van der Waals surface area contributed by atoms with Crippen LogP contribution in [0.2, 0.25) is 0 Å². The zero-order chi connectivity index (χ0) is 14.2. The molecule has 2 N–H and O–H groups in total. The molecule has 0 aliphatic rings. The second-order valence-corrected chi connectivity index (χ2v) is 4.69. The van der Waals surface area contributed by atoms with E-state index in [2.05, 4.69) is 24.3 Å². The lowest BCUT2D eigenvalue weighted by Crippen LogP contribution is -2.01. The summed E-state index contributed by atoms with van der Waals surface area (Å²) in [6.07, 6.45) is 3.19. The van der Waals surface area contributed by atoms with Crippen molar-refractivity contribution < 1.29 is 9.47 Å². The summed E-state index contributed by atoms with van der Waals surface area (Å²) in [4.78, 5) is 0. The standard InChI is InChI=1S/C17H21NO2/c1-19-15-10-11-16(18)17(13-15)20-12-6-5-9-14-7-3-2-4-8-14/h2-4,7-8,10-11,13H,5-6,9,12,18H2,1H3. The lowest BCUT2D eigenvalue weighted by molar-refractivity contribution is 0.306. The van der Waals surface area contributed by atoms with E-state index in [9.17, 15) is 0 Å². The van der Waals surface area contributed by atoms with Crippen molar-refractivity contribution in [3.8, 4) is 11.5 Å². The first-order chi connectivity index (χ1) is 9.79. The van der Waals surface area contributed by atoms with Crippen LogP contribution in [0.4, 0.5) is 5.69 Å². The van der Waals surface area contributed by atoms with Crippen LogP contribution in [0.15, 0.2) is 48.5 Å². The van der Waals surface area contributed by atoms with Gasteiger partial charge in [-0.2, -0.15) is 0 Å². The van der Waals surface area contributed by atoms with Gasteiger partial charge in [0, 0.05) is 6.07 Å². The second-order valence-electron chi connectivity index (χ2n) is 4.69. The van der Waals surface area contributed by atoms with E-state index >= 15 is 0 Å². The lowest BCUT2D eigenvalue weighted by Gasteiger charge is -2.10. The maximum absolute atomic E-state index is 5.87. The van der Waals surface area contributed by atoms with Crippen LogP contribution in [-0.4, -0.2) is 13.7 Å². The number of anilines is 1. The number of methoxy groups -OCH3 is 1. The lowest BCUT2D eigenvalue weighted by atomic mass is 10.1. The van der Waals surface area contributed by atoms with Gasteiger partial charge in [0.1, 0.15) is 11.5 Å². The van der Waals surface area contributed by atoms with E-state index in [0.29, 0.717) is 18.0 Å². The molecule has 0 unspecified atom stereocenters. The molecule has 3 heteroatoms. The molecule has 0 spiro atoms. The van der Waals surface area contributed by atoms with E-state index in [4.69, 9.17) is 15.2 Å². The van der Waals surface area contributed by atoms with Gasteiger partial charge in [-0.25, -0.2) is 0 Å². The van der Waals surface area contributed by atoms with Crippen LogP contribution in [0.1, 0.15) is 18.4 Å². The predicted molar refractivity (Wildman–Crippen MR) is 82.3 cm³/mol. The van der Waals surface area contributed by atoms with Crippen LogP contribution in [-0.2, 0) is 6.42 Å². The van der Waals surface area contributed by atoms with Crippen LogP contribution >= 0.6 is 0 Å². The molecule has 20 heavy (non-hydrogen) atoms. The molecule has 2 aromatic carbocycles. The van der Waals surface area contributed by atoms with Gasteiger partial charge in [0.25, 0.3) is 0 Å². The van der Waals surface area contributed by atoms with Crippen molar-refractivity contribution in [3.05, 3.63) is 54.1 Å². The first-order valence-electron chi connectivity index (χ1n) is 6.90. The highest BCUT2D eigenvalue weighted by Gasteiger charge is 2.02. The Hall–Kier alpha value is -2.16. The smallest absolute Gasteiger partial charge is 0.145 e. The molecule has 106 valence electrons. The van der Waals surface area contributed by atoms with Gasteiger partial charge >= 0.3 is 0 Å². The topological polar surface area (TPSA) is 44.5 Å². The number of hydrogen-bond acceptors (Lipinski definition) is 3. The van der Waals surface area contributed by atoms with Gasteiger partial charge in [-0.15, -0.1) is 0 Å². The quantitative estimate of drug-likeness (QED) is 0.617. The van der Waals surface area contributed by atoms with Gasteiger partial charge in [0.2, 0.25) is 0 Å². The Balaban J connectivity index is 1.73. The predicted octanol–water partition coefficient (Wildman–Crippen LogP) is 3.68. The van der Waals surface area contributed by atoms with Gasteiger partial charge in [-0.3, -0.25) is 0 Å². The fourth-order valence-electron chi connectivity index (χ4n) is 2.02. The van der Waals surface area contributed by atoms with Crippen molar-refractivity contribution in [2.75, 3.05) is 19.5 Å². The summed E-state index contributed by atoms with van der Waals surface area (Å²) in [5.74, 6) is 1.46. The van der Waals surface area contributed by atoms with Gasteiger partial charge in [0.05, 0.1) is 19.4 Å². The van der Waals surface area contributed by atoms with E-state index in [0.717, 1.165) is 25.0 Å². The molecule has 0 aliphatic carbocycles. The van der Waals surface area contributed by atoms with Crippen molar-refractivity contribution in [2.24, 2.45) is 0 Å². The van der Waals surface area contributed by atoms with Crippen molar-refractivity contribution in [2.45, 2.75) is 19.3 Å². The molecular weight excluding hydrogens is 250 g/mol. The molecule has 2 rings (SSSR count). The van der Waals surface area contributed by atoms with Crippen LogP contribution in [0.25, 0.3) is 0 Å². The zero-order valence-electron chi connectivity index (χ0n) is 11.8. The Labute approximate surface area is 120 Å². The largest absolute Gasteiger partial charge is 0.497 e.